The lowest BCUT2D eigenvalue weighted by atomic mass is 10.1. The fourth-order valence-electron chi connectivity index (χ4n) is 1.42. The normalized spacial score (nSPS) is 10.8. The summed E-state index contributed by atoms with van der Waals surface area (Å²) in [6.45, 7) is 6.44. The highest BCUT2D eigenvalue weighted by atomic mass is 32.2. The van der Waals surface area contributed by atoms with Gasteiger partial charge in [0, 0.05) is 23.2 Å². The molecule has 0 aliphatic carbocycles. The van der Waals surface area contributed by atoms with Crippen LogP contribution in [0.25, 0.3) is 0 Å². The maximum Gasteiger partial charge on any atom is 0.156 e. The molecule has 0 spiro atoms. The van der Waals surface area contributed by atoms with Crippen molar-refractivity contribution in [2.75, 3.05) is 0 Å². The zero-order valence-electron chi connectivity index (χ0n) is 10.0. The maximum atomic E-state index is 5.78. The van der Waals surface area contributed by atoms with Crippen molar-refractivity contribution < 1.29 is 0 Å². The molecule has 6 heteroatoms. The quantitative estimate of drug-likeness (QED) is 0.924. The topological polar surface area (TPSA) is 64.7 Å². The van der Waals surface area contributed by atoms with Crippen molar-refractivity contribution in [3.05, 3.63) is 27.9 Å². The van der Waals surface area contributed by atoms with Gasteiger partial charge in [-0.3, -0.25) is 0 Å². The fraction of sp³-hybridized carbons (Fsp3) is 0.364. The summed E-state index contributed by atoms with van der Waals surface area (Å²) in [7, 11) is 0. The number of hydrogen-bond donors (Lipinski definition) is 1. The number of aromatic nitrogens is 3. The van der Waals surface area contributed by atoms with E-state index in [0.29, 0.717) is 6.54 Å². The number of hydrogen-bond acceptors (Lipinski definition) is 6. The Morgan fingerprint density at radius 1 is 1.29 bits per heavy atom. The van der Waals surface area contributed by atoms with E-state index in [-0.39, 0.29) is 0 Å². The smallest absolute Gasteiger partial charge is 0.156 e. The van der Waals surface area contributed by atoms with Crippen molar-refractivity contribution in [2.45, 2.75) is 36.7 Å². The van der Waals surface area contributed by atoms with Crippen molar-refractivity contribution in [3.63, 3.8) is 0 Å². The van der Waals surface area contributed by atoms with E-state index in [0.717, 1.165) is 31.9 Å². The van der Waals surface area contributed by atoms with Gasteiger partial charge in [0.1, 0.15) is 5.03 Å². The Labute approximate surface area is 109 Å². The molecular formula is C11H14N4S2. The Kier molecular flexibility index (Phi) is 3.76. The van der Waals surface area contributed by atoms with Crippen LogP contribution in [0.1, 0.15) is 22.5 Å². The molecule has 2 N–H and O–H groups in total. The highest BCUT2D eigenvalue weighted by Gasteiger charge is 2.12. The Hall–Kier alpha value is -0.980. The average molecular weight is 266 g/mol. The monoisotopic (exact) mass is 266 g/mol. The zero-order chi connectivity index (χ0) is 12.4. The molecule has 0 unspecified atom stereocenters. The first-order valence-corrected chi connectivity index (χ1v) is 6.94. The Morgan fingerprint density at radius 2 is 2.06 bits per heavy atom. The van der Waals surface area contributed by atoms with Crippen molar-refractivity contribution >= 4 is 23.1 Å². The van der Waals surface area contributed by atoms with E-state index < -0.39 is 0 Å². The molecule has 90 valence electrons. The van der Waals surface area contributed by atoms with Crippen LogP contribution in [-0.4, -0.2) is 15.2 Å². The predicted molar refractivity (Wildman–Crippen MR) is 70.4 cm³/mol. The van der Waals surface area contributed by atoms with Crippen LogP contribution in [0, 0.1) is 20.8 Å². The molecule has 0 aliphatic rings. The number of nitrogens with zero attached hydrogens (tertiary/aromatic N) is 3. The van der Waals surface area contributed by atoms with Crippen molar-refractivity contribution in [2.24, 2.45) is 5.73 Å². The Balaban J connectivity index is 2.36. The van der Waals surface area contributed by atoms with Crippen LogP contribution >= 0.6 is 23.1 Å². The van der Waals surface area contributed by atoms with Crippen molar-refractivity contribution in [1.82, 2.24) is 15.2 Å². The van der Waals surface area contributed by atoms with Gasteiger partial charge < -0.3 is 5.73 Å². The first-order valence-electron chi connectivity index (χ1n) is 5.24. The highest BCUT2D eigenvalue weighted by Crippen LogP contribution is 2.32. The molecule has 2 rings (SSSR count). The highest BCUT2D eigenvalue weighted by molar-refractivity contribution is 8.01. The molecule has 0 aromatic carbocycles. The van der Waals surface area contributed by atoms with E-state index in [1.165, 1.54) is 11.8 Å². The summed E-state index contributed by atoms with van der Waals surface area (Å²) in [5.41, 5.74) is 9.94. The van der Waals surface area contributed by atoms with E-state index in [1.807, 2.05) is 26.2 Å². The lowest BCUT2D eigenvalue weighted by Gasteiger charge is -2.09. The molecule has 2 heterocycles. The van der Waals surface area contributed by atoms with E-state index in [2.05, 4.69) is 15.2 Å². The average Bonchev–Trinajstić information content (AvgIpc) is 2.70. The van der Waals surface area contributed by atoms with Gasteiger partial charge in [-0.25, -0.2) is 4.98 Å². The first kappa shape index (κ1) is 12.5. The predicted octanol–water partition coefficient (Wildman–Crippen LogP) is 2.47. The molecule has 0 radical (unpaired) electrons. The third-order valence-corrected chi connectivity index (χ3v) is 4.61. The van der Waals surface area contributed by atoms with Gasteiger partial charge >= 0.3 is 0 Å². The van der Waals surface area contributed by atoms with Gasteiger partial charge in [0.05, 0.1) is 5.69 Å². The lowest BCUT2D eigenvalue weighted by Crippen LogP contribution is -2.06. The number of nitrogens with two attached hydrogens (primary N) is 1. The van der Waals surface area contributed by atoms with Gasteiger partial charge in [0.2, 0.25) is 0 Å². The van der Waals surface area contributed by atoms with E-state index in [1.54, 1.807) is 11.3 Å². The molecule has 0 saturated carbocycles. The molecular weight excluding hydrogens is 252 g/mol. The summed E-state index contributed by atoms with van der Waals surface area (Å²) in [5, 5.41) is 11.2. The van der Waals surface area contributed by atoms with E-state index >= 15 is 0 Å². The summed E-state index contributed by atoms with van der Waals surface area (Å²) in [4.78, 5) is 4.41. The van der Waals surface area contributed by atoms with Gasteiger partial charge in [0.25, 0.3) is 0 Å². The summed E-state index contributed by atoms with van der Waals surface area (Å²) in [6, 6.07) is 0. The van der Waals surface area contributed by atoms with Crippen LogP contribution in [0.4, 0.5) is 0 Å². The molecule has 0 bridgehead atoms. The fourth-order valence-corrected chi connectivity index (χ4v) is 3.31. The zero-order valence-corrected chi connectivity index (χ0v) is 11.7. The molecule has 0 fully saturated rings. The van der Waals surface area contributed by atoms with Crippen LogP contribution in [-0.2, 0) is 6.54 Å². The molecule has 2 aromatic rings. The lowest BCUT2D eigenvalue weighted by molar-refractivity contribution is 0.824. The second kappa shape index (κ2) is 5.12. The van der Waals surface area contributed by atoms with Gasteiger partial charge in [-0.1, -0.05) is 0 Å². The number of rotatable bonds is 3. The summed E-state index contributed by atoms with van der Waals surface area (Å²) in [6.07, 6.45) is 0. The van der Waals surface area contributed by atoms with Crippen molar-refractivity contribution in [3.8, 4) is 0 Å². The molecule has 0 amide bonds. The van der Waals surface area contributed by atoms with Crippen LogP contribution < -0.4 is 5.73 Å². The maximum absolute atomic E-state index is 5.78. The standard InChI is InChI=1S/C11H14N4S2/c1-6-5-16-11(13-6)17-10-9(4-12)7(2)8(3)14-15-10/h5H,4,12H2,1-3H3. The molecule has 0 aliphatic heterocycles. The van der Waals surface area contributed by atoms with Crippen molar-refractivity contribution in [1.29, 1.82) is 0 Å². The van der Waals surface area contributed by atoms with Crippen LogP contribution in [0.2, 0.25) is 0 Å². The van der Waals surface area contributed by atoms with Gasteiger partial charge in [0.15, 0.2) is 4.34 Å². The molecule has 2 aromatic heterocycles. The minimum absolute atomic E-state index is 0.481. The van der Waals surface area contributed by atoms with Gasteiger partial charge in [-0.05, 0) is 38.1 Å². The molecule has 17 heavy (non-hydrogen) atoms. The summed E-state index contributed by atoms with van der Waals surface area (Å²) < 4.78 is 0.981. The molecule has 0 saturated heterocycles. The number of thiazole rings is 1. The van der Waals surface area contributed by atoms with Gasteiger partial charge in [-0.2, -0.15) is 5.10 Å². The SMILES string of the molecule is Cc1csc(Sc2nnc(C)c(C)c2CN)n1. The number of aryl methyl sites for hydroxylation is 2. The van der Waals surface area contributed by atoms with E-state index in [4.69, 9.17) is 5.73 Å². The minimum Gasteiger partial charge on any atom is -0.326 e. The minimum atomic E-state index is 0.481. The van der Waals surface area contributed by atoms with Crippen LogP contribution in [0.5, 0.6) is 0 Å². The second-order valence-corrected chi connectivity index (χ2v) is 5.85. The first-order chi connectivity index (χ1) is 8.11. The third kappa shape index (κ3) is 2.65. The van der Waals surface area contributed by atoms with Crippen LogP contribution in [0.3, 0.4) is 0 Å². The summed E-state index contributed by atoms with van der Waals surface area (Å²) in [5.74, 6) is 0. The Morgan fingerprint density at radius 3 is 2.65 bits per heavy atom. The molecule has 4 nitrogen and oxygen atoms in total. The van der Waals surface area contributed by atoms with Gasteiger partial charge in [-0.15, -0.1) is 16.4 Å². The summed E-state index contributed by atoms with van der Waals surface area (Å²) >= 11 is 3.15. The molecule has 0 atom stereocenters. The second-order valence-electron chi connectivity index (χ2n) is 3.76. The van der Waals surface area contributed by atoms with Crippen LogP contribution in [0.15, 0.2) is 14.7 Å². The van der Waals surface area contributed by atoms with E-state index in [9.17, 15) is 0 Å². The Bertz CT molecular complexity index is 536. The largest absolute Gasteiger partial charge is 0.326 e. The third-order valence-electron chi connectivity index (χ3n) is 2.53.